The standard InChI is InChI=1S/C29H39N3O5/c1-16-14-23(35-7)22(27(33)30-16)15-32-13-12-21-17(2)25-26(18(3)24(21)28(32)34)37-29(4,36-25)19-8-10-20(11-9-19)31(5)6/h14,19-20H,8-13,15H2,1-7H3,(H,30,33)/t19-,20-,29?. The van der Waals surface area contributed by atoms with Gasteiger partial charge in [0.2, 0.25) is 0 Å². The highest BCUT2D eigenvalue weighted by Crippen LogP contribution is 2.52. The zero-order chi connectivity index (χ0) is 26.6. The second kappa shape index (κ2) is 9.39. The first-order valence-electron chi connectivity index (χ1n) is 13.3. The summed E-state index contributed by atoms with van der Waals surface area (Å²) in [4.78, 5) is 33.4. The number of amides is 1. The molecule has 1 aliphatic carbocycles. The molecule has 3 heterocycles. The molecule has 1 atom stereocenters. The third kappa shape index (κ3) is 4.29. The molecule has 0 bridgehead atoms. The van der Waals surface area contributed by atoms with Crippen molar-refractivity contribution in [2.24, 2.45) is 5.92 Å². The van der Waals surface area contributed by atoms with Gasteiger partial charge < -0.3 is 29.0 Å². The number of ether oxygens (including phenoxy) is 3. The number of aromatic amines is 1. The minimum atomic E-state index is -0.732. The smallest absolute Gasteiger partial charge is 0.256 e. The SMILES string of the molecule is COc1cc(C)[nH]c(=O)c1CN1CCc2c(C)c3c(c(C)c2C1=O)OC(C)([C@H]1CC[C@H](N(C)C)CC1)O3. The molecule has 1 amide bonds. The van der Waals surface area contributed by atoms with Crippen molar-refractivity contribution in [2.45, 2.75) is 78.2 Å². The van der Waals surface area contributed by atoms with Crippen LogP contribution in [0.5, 0.6) is 17.2 Å². The maximum atomic E-state index is 13.8. The van der Waals surface area contributed by atoms with Crippen LogP contribution in [0.25, 0.3) is 0 Å². The second-order valence-electron chi connectivity index (χ2n) is 11.3. The normalized spacial score (nSPS) is 25.0. The van der Waals surface area contributed by atoms with Crippen LogP contribution < -0.4 is 19.8 Å². The lowest BCUT2D eigenvalue weighted by molar-refractivity contribution is -0.123. The number of pyridine rings is 1. The average molecular weight is 510 g/mol. The lowest BCUT2D eigenvalue weighted by atomic mass is 9.81. The molecule has 8 nitrogen and oxygen atoms in total. The van der Waals surface area contributed by atoms with E-state index < -0.39 is 5.79 Å². The Balaban J connectivity index is 1.43. The number of rotatable bonds is 5. The number of nitrogens with zero attached hydrogens (tertiary/aromatic N) is 2. The molecular formula is C29H39N3O5. The Morgan fingerprint density at radius 1 is 1.08 bits per heavy atom. The summed E-state index contributed by atoms with van der Waals surface area (Å²) in [5, 5.41) is 0. The van der Waals surface area contributed by atoms with Crippen LogP contribution in [-0.2, 0) is 13.0 Å². The summed E-state index contributed by atoms with van der Waals surface area (Å²) in [5.41, 5.74) is 4.45. The second-order valence-corrected chi connectivity index (χ2v) is 11.3. The summed E-state index contributed by atoms with van der Waals surface area (Å²) >= 11 is 0. The van der Waals surface area contributed by atoms with E-state index in [-0.39, 0.29) is 18.0 Å². The van der Waals surface area contributed by atoms with Crippen molar-refractivity contribution in [3.63, 3.8) is 0 Å². The van der Waals surface area contributed by atoms with Crippen molar-refractivity contribution < 1.29 is 19.0 Å². The Kier molecular flexibility index (Phi) is 6.51. The Hall–Kier alpha value is -3.00. The number of H-pyrrole nitrogens is 1. The Bertz CT molecular complexity index is 1290. The zero-order valence-corrected chi connectivity index (χ0v) is 23.1. The number of aryl methyl sites for hydroxylation is 1. The summed E-state index contributed by atoms with van der Waals surface area (Å²) in [5.74, 6) is 1.44. The predicted molar refractivity (Wildman–Crippen MR) is 142 cm³/mol. The lowest BCUT2D eigenvalue weighted by Gasteiger charge is -2.39. The van der Waals surface area contributed by atoms with Gasteiger partial charge in [-0.2, -0.15) is 0 Å². The molecule has 1 fully saturated rings. The fourth-order valence-electron chi connectivity index (χ4n) is 6.43. The molecule has 1 unspecified atom stereocenters. The molecule has 8 heteroatoms. The van der Waals surface area contributed by atoms with Gasteiger partial charge in [-0.1, -0.05) is 0 Å². The van der Waals surface area contributed by atoms with Gasteiger partial charge in [-0.25, -0.2) is 0 Å². The molecular weight excluding hydrogens is 470 g/mol. The van der Waals surface area contributed by atoms with E-state index in [1.165, 1.54) is 0 Å². The molecule has 3 aliphatic rings. The molecule has 1 aromatic carbocycles. The van der Waals surface area contributed by atoms with Gasteiger partial charge in [0.25, 0.3) is 17.3 Å². The van der Waals surface area contributed by atoms with E-state index in [0.717, 1.165) is 53.8 Å². The van der Waals surface area contributed by atoms with Gasteiger partial charge in [0, 0.05) is 42.2 Å². The van der Waals surface area contributed by atoms with E-state index in [2.05, 4.69) is 30.9 Å². The molecule has 0 saturated heterocycles. The first-order chi connectivity index (χ1) is 17.5. The highest BCUT2D eigenvalue weighted by molar-refractivity contribution is 6.00. The maximum absolute atomic E-state index is 13.8. The maximum Gasteiger partial charge on any atom is 0.256 e. The molecule has 1 saturated carbocycles. The number of fused-ring (bicyclic) bond motifs is 2. The summed E-state index contributed by atoms with van der Waals surface area (Å²) < 4.78 is 18.7. The van der Waals surface area contributed by atoms with Gasteiger partial charge in [-0.3, -0.25) is 9.59 Å². The topological polar surface area (TPSA) is 84.1 Å². The minimum Gasteiger partial charge on any atom is -0.496 e. The van der Waals surface area contributed by atoms with Crippen molar-refractivity contribution in [3.8, 4) is 17.2 Å². The quantitative estimate of drug-likeness (QED) is 0.653. The van der Waals surface area contributed by atoms with Crippen LogP contribution in [0.2, 0.25) is 0 Å². The van der Waals surface area contributed by atoms with Crippen LogP contribution in [-0.4, -0.2) is 60.3 Å². The van der Waals surface area contributed by atoms with Gasteiger partial charge in [0.15, 0.2) is 11.5 Å². The molecule has 1 aromatic heterocycles. The monoisotopic (exact) mass is 509 g/mol. The molecule has 0 radical (unpaired) electrons. The first kappa shape index (κ1) is 25.6. The molecule has 2 aliphatic heterocycles. The number of carbonyl (C=O) groups excluding carboxylic acids is 1. The van der Waals surface area contributed by atoms with Crippen LogP contribution in [0.4, 0.5) is 0 Å². The largest absolute Gasteiger partial charge is 0.496 e. The van der Waals surface area contributed by atoms with Crippen molar-refractivity contribution in [3.05, 3.63) is 49.9 Å². The summed E-state index contributed by atoms with van der Waals surface area (Å²) in [6.07, 6.45) is 5.04. The van der Waals surface area contributed by atoms with E-state index in [1.807, 2.05) is 20.8 Å². The fourth-order valence-corrected chi connectivity index (χ4v) is 6.43. The highest BCUT2D eigenvalue weighted by Gasteiger charge is 2.48. The summed E-state index contributed by atoms with van der Waals surface area (Å²) in [6.45, 7) is 8.56. The van der Waals surface area contributed by atoms with Crippen LogP contribution in [0.3, 0.4) is 0 Å². The molecule has 1 N–H and O–H groups in total. The Labute approximate surface area is 218 Å². The average Bonchev–Trinajstić information content (AvgIpc) is 3.24. The summed E-state index contributed by atoms with van der Waals surface area (Å²) in [6, 6.07) is 2.39. The van der Waals surface area contributed by atoms with Gasteiger partial charge in [-0.15, -0.1) is 0 Å². The van der Waals surface area contributed by atoms with Crippen molar-refractivity contribution in [1.82, 2.24) is 14.8 Å². The lowest BCUT2D eigenvalue weighted by Crippen LogP contribution is -2.46. The van der Waals surface area contributed by atoms with Gasteiger partial charge >= 0.3 is 0 Å². The van der Waals surface area contributed by atoms with Crippen molar-refractivity contribution >= 4 is 5.91 Å². The predicted octanol–water partition coefficient (Wildman–Crippen LogP) is 4.12. The van der Waals surface area contributed by atoms with Gasteiger partial charge in [-0.05, 0) is 84.2 Å². The number of benzene rings is 1. The number of hydrogen-bond donors (Lipinski definition) is 1. The van der Waals surface area contributed by atoms with Crippen LogP contribution in [0.15, 0.2) is 10.9 Å². The third-order valence-electron chi connectivity index (χ3n) is 8.73. The minimum absolute atomic E-state index is 0.0876. The molecule has 200 valence electrons. The number of nitrogens with one attached hydrogen (secondary N) is 1. The highest BCUT2D eigenvalue weighted by atomic mass is 16.7. The van der Waals surface area contributed by atoms with Crippen molar-refractivity contribution in [1.29, 1.82) is 0 Å². The van der Waals surface area contributed by atoms with E-state index >= 15 is 0 Å². The zero-order valence-electron chi connectivity index (χ0n) is 23.1. The Morgan fingerprint density at radius 3 is 2.35 bits per heavy atom. The van der Waals surface area contributed by atoms with Gasteiger partial charge in [0.05, 0.1) is 19.2 Å². The van der Waals surface area contributed by atoms with E-state index in [0.29, 0.717) is 47.6 Å². The Morgan fingerprint density at radius 2 is 1.73 bits per heavy atom. The summed E-state index contributed by atoms with van der Waals surface area (Å²) in [7, 11) is 5.84. The number of aromatic nitrogens is 1. The molecule has 0 spiro atoms. The molecule has 5 rings (SSSR count). The number of hydrogen-bond acceptors (Lipinski definition) is 6. The fraction of sp³-hybridized carbons (Fsp3) is 0.586. The van der Waals surface area contributed by atoms with E-state index in [4.69, 9.17) is 14.2 Å². The van der Waals surface area contributed by atoms with Crippen molar-refractivity contribution in [2.75, 3.05) is 27.7 Å². The van der Waals surface area contributed by atoms with Crippen LogP contribution in [0.1, 0.15) is 70.9 Å². The number of carbonyl (C=O) groups is 1. The third-order valence-corrected chi connectivity index (χ3v) is 8.73. The van der Waals surface area contributed by atoms with Crippen LogP contribution in [0, 0.1) is 26.7 Å². The first-order valence-corrected chi connectivity index (χ1v) is 13.3. The van der Waals surface area contributed by atoms with E-state index in [1.54, 1.807) is 18.1 Å². The number of methoxy groups -OCH3 is 1. The molecule has 2 aromatic rings. The molecule has 37 heavy (non-hydrogen) atoms. The van der Waals surface area contributed by atoms with E-state index in [9.17, 15) is 9.59 Å². The van der Waals surface area contributed by atoms with Gasteiger partial charge in [0.1, 0.15) is 5.75 Å². The van der Waals surface area contributed by atoms with Crippen LogP contribution >= 0.6 is 0 Å².